The molecule has 0 aliphatic rings. The van der Waals surface area contributed by atoms with Crippen molar-refractivity contribution in [2.24, 2.45) is 7.05 Å². The van der Waals surface area contributed by atoms with E-state index in [2.05, 4.69) is 10.1 Å². The summed E-state index contributed by atoms with van der Waals surface area (Å²) in [4.78, 5) is 26.2. The highest BCUT2D eigenvalue weighted by Crippen LogP contribution is 2.25. The van der Waals surface area contributed by atoms with Crippen molar-refractivity contribution in [3.05, 3.63) is 63.6 Å². The molecule has 1 aromatic carbocycles. The Morgan fingerprint density at radius 2 is 1.90 bits per heavy atom. The molecule has 0 radical (unpaired) electrons. The van der Waals surface area contributed by atoms with Crippen molar-refractivity contribution in [3.8, 4) is 22.7 Å². The molecule has 0 saturated carbocycles. The lowest BCUT2D eigenvalue weighted by Gasteiger charge is -2.09. The SMILES string of the molecule is Cn1cc(-n2c(O)c(-c3ccccc3)c(=O)[nH]c2=O)cn1. The number of aromatic nitrogens is 4. The van der Waals surface area contributed by atoms with E-state index >= 15 is 0 Å². The molecule has 21 heavy (non-hydrogen) atoms. The molecule has 7 nitrogen and oxygen atoms in total. The van der Waals surface area contributed by atoms with Crippen molar-refractivity contribution >= 4 is 0 Å². The van der Waals surface area contributed by atoms with Gasteiger partial charge in [0.1, 0.15) is 5.56 Å². The second-order valence-corrected chi connectivity index (χ2v) is 4.53. The minimum atomic E-state index is -0.717. The Morgan fingerprint density at radius 3 is 2.52 bits per heavy atom. The molecule has 0 fully saturated rings. The summed E-state index contributed by atoms with van der Waals surface area (Å²) < 4.78 is 2.51. The first-order chi connectivity index (χ1) is 10.1. The lowest BCUT2D eigenvalue weighted by atomic mass is 10.1. The zero-order chi connectivity index (χ0) is 15.0. The van der Waals surface area contributed by atoms with Crippen LogP contribution in [-0.2, 0) is 7.05 Å². The Labute approximate surface area is 118 Å². The maximum Gasteiger partial charge on any atom is 0.335 e. The average Bonchev–Trinajstić information content (AvgIpc) is 2.85. The van der Waals surface area contributed by atoms with Gasteiger partial charge in [0.15, 0.2) is 0 Å². The van der Waals surface area contributed by atoms with E-state index in [1.807, 2.05) is 0 Å². The lowest BCUT2D eigenvalue weighted by molar-refractivity contribution is 0.433. The summed E-state index contributed by atoms with van der Waals surface area (Å²) in [7, 11) is 1.69. The molecule has 0 amide bonds. The predicted molar refractivity (Wildman–Crippen MR) is 76.5 cm³/mol. The van der Waals surface area contributed by atoms with Crippen molar-refractivity contribution in [2.75, 3.05) is 0 Å². The molecule has 3 aromatic rings. The smallest absolute Gasteiger partial charge is 0.335 e. The molecule has 2 N–H and O–H groups in total. The number of nitrogens with one attached hydrogen (secondary N) is 1. The molecular formula is C14H12N4O3. The largest absolute Gasteiger partial charge is 0.494 e. The van der Waals surface area contributed by atoms with Crippen LogP contribution in [0.15, 0.2) is 52.3 Å². The van der Waals surface area contributed by atoms with Gasteiger partial charge in [0.2, 0.25) is 5.88 Å². The Hall–Kier alpha value is -3.09. The van der Waals surface area contributed by atoms with E-state index in [9.17, 15) is 14.7 Å². The third-order valence-electron chi connectivity index (χ3n) is 3.10. The highest BCUT2D eigenvalue weighted by molar-refractivity contribution is 5.68. The second-order valence-electron chi connectivity index (χ2n) is 4.53. The number of hydrogen-bond donors (Lipinski definition) is 2. The van der Waals surface area contributed by atoms with Crippen LogP contribution in [0.25, 0.3) is 16.8 Å². The third-order valence-corrected chi connectivity index (χ3v) is 3.10. The Kier molecular flexibility index (Phi) is 2.94. The molecule has 7 heteroatoms. The van der Waals surface area contributed by atoms with E-state index in [4.69, 9.17) is 0 Å². The van der Waals surface area contributed by atoms with Crippen LogP contribution in [0.2, 0.25) is 0 Å². The zero-order valence-electron chi connectivity index (χ0n) is 11.1. The maximum atomic E-state index is 12.0. The normalized spacial score (nSPS) is 10.7. The summed E-state index contributed by atoms with van der Waals surface area (Å²) in [5.74, 6) is -0.414. The summed E-state index contributed by atoms with van der Waals surface area (Å²) in [6.07, 6.45) is 2.99. The monoisotopic (exact) mass is 284 g/mol. The van der Waals surface area contributed by atoms with Crippen LogP contribution >= 0.6 is 0 Å². The van der Waals surface area contributed by atoms with Crippen molar-refractivity contribution in [1.82, 2.24) is 19.3 Å². The number of rotatable bonds is 2. The minimum Gasteiger partial charge on any atom is -0.494 e. The van der Waals surface area contributed by atoms with E-state index in [0.29, 0.717) is 11.3 Å². The molecule has 0 aliphatic heterocycles. The predicted octanol–water partition coefficient (Wildman–Crippen LogP) is 0.632. The van der Waals surface area contributed by atoms with Gasteiger partial charge in [-0.1, -0.05) is 30.3 Å². The first kappa shape index (κ1) is 12.9. The summed E-state index contributed by atoms with van der Waals surface area (Å²) >= 11 is 0. The molecule has 0 atom stereocenters. The van der Waals surface area contributed by atoms with Gasteiger partial charge < -0.3 is 5.11 Å². The van der Waals surface area contributed by atoms with Gasteiger partial charge in [-0.3, -0.25) is 14.5 Å². The van der Waals surface area contributed by atoms with Crippen molar-refractivity contribution in [1.29, 1.82) is 0 Å². The zero-order valence-corrected chi connectivity index (χ0v) is 11.1. The van der Waals surface area contributed by atoms with E-state index in [-0.39, 0.29) is 5.56 Å². The fourth-order valence-corrected chi connectivity index (χ4v) is 2.15. The van der Waals surface area contributed by atoms with E-state index in [1.165, 1.54) is 10.9 Å². The molecule has 0 saturated heterocycles. The summed E-state index contributed by atoms with van der Waals surface area (Å²) in [5, 5.41) is 14.3. The Bertz CT molecular complexity index is 906. The molecule has 2 heterocycles. The van der Waals surface area contributed by atoms with Gasteiger partial charge in [-0.05, 0) is 5.56 Å². The van der Waals surface area contributed by atoms with Gasteiger partial charge in [-0.15, -0.1) is 0 Å². The van der Waals surface area contributed by atoms with Gasteiger partial charge in [-0.25, -0.2) is 9.36 Å². The van der Waals surface area contributed by atoms with Gasteiger partial charge in [0.25, 0.3) is 5.56 Å². The molecule has 0 aliphatic carbocycles. The summed E-state index contributed by atoms with van der Waals surface area (Å²) in [5.41, 5.74) is -0.421. The number of aromatic amines is 1. The number of aryl methyl sites for hydroxylation is 1. The number of hydrogen-bond acceptors (Lipinski definition) is 4. The molecule has 106 valence electrons. The fraction of sp³-hybridized carbons (Fsp3) is 0.0714. The summed E-state index contributed by atoms with van der Waals surface area (Å²) in [6, 6.07) is 8.65. The van der Waals surface area contributed by atoms with Crippen LogP contribution in [-0.4, -0.2) is 24.4 Å². The second kappa shape index (κ2) is 4.78. The molecular weight excluding hydrogens is 272 g/mol. The number of aromatic hydroxyl groups is 1. The molecule has 0 bridgehead atoms. The van der Waals surface area contributed by atoms with Crippen LogP contribution < -0.4 is 11.2 Å². The van der Waals surface area contributed by atoms with E-state index in [1.54, 1.807) is 43.6 Å². The fourth-order valence-electron chi connectivity index (χ4n) is 2.15. The number of benzene rings is 1. The number of nitrogens with zero attached hydrogens (tertiary/aromatic N) is 3. The van der Waals surface area contributed by atoms with Crippen LogP contribution in [0.1, 0.15) is 0 Å². The van der Waals surface area contributed by atoms with Crippen LogP contribution in [0.3, 0.4) is 0 Å². The van der Waals surface area contributed by atoms with Crippen molar-refractivity contribution in [2.45, 2.75) is 0 Å². The standard InChI is InChI=1S/C14H12N4O3/c1-17-8-10(7-15-17)18-13(20)11(12(19)16-14(18)21)9-5-3-2-4-6-9/h2-8,20H,1H3,(H,16,19,21). The van der Waals surface area contributed by atoms with Crippen LogP contribution in [0, 0.1) is 0 Å². The molecule has 3 rings (SSSR count). The van der Waals surface area contributed by atoms with Gasteiger partial charge in [0.05, 0.1) is 11.9 Å². The average molecular weight is 284 g/mol. The molecule has 0 unspecified atom stereocenters. The molecule has 2 aromatic heterocycles. The lowest BCUT2D eigenvalue weighted by Crippen LogP contribution is -2.29. The van der Waals surface area contributed by atoms with E-state index in [0.717, 1.165) is 4.57 Å². The summed E-state index contributed by atoms with van der Waals surface area (Å²) in [6.45, 7) is 0. The van der Waals surface area contributed by atoms with Gasteiger partial charge in [0, 0.05) is 13.2 Å². The highest BCUT2D eigenvalue weighted by Gasteiger charge is 2.17. The third kappa shape index (κ3) is 2.14. The Balaban J connectivity index is 2.33. The minimum absolute atomic E-state index is 0.0408. The first-order valence-corrected chi connectivity index (χ1v) is 6.20. The first-order valence-electron chi connectivity index (χ1n) is 6.20. The van der Waals surface area contributed by atoms with Crippen molar-refractivity contribution in [3.63, 3.8) is 0 Å². The van der Waals surface area contributed by atoms with E-state index < -0.39 is 17.1 Å². The van der Waals surface area contributed by atoms with Gasteiger partial charge >= 0.3 is 5.69 Å². The molecule has 0 spiro atoms. The van der Waals surface area contributed by atoms with Crippen LogP contribution in [0.5, 0.6) is 5.88 Å². The quantitative estimate of drug-likeness (QED) is 0.722. The maximum absolute atomic E-state index is 12.0. The van der Waals surface area contributed by atoms with Gasteiger partial charge in [-0.2, -0.15) is 5.10 Å². The highest BCUT2D eigenvalue weighted by atomic mass is 16.3. The Morgan fingerprint density at radius 1 is 1.19 bits per heavy atom. The number of H-pyrrole nitrogens is 1. The van der Waals surface area contributed by atoms with Crippen LogP contribution in [0.4, 0.5) is 0 Å². The topological polar surface area (TPSA) is 92.9 Å². The van der Waals surface area contributed by atoms with Crippen molar-refractivity contribution < 1.29 is 5.11 Å².